The third-order valence-electron chi connectivity index (χ3n) is 5.96. The van der Waals surface area contributed by atoms with E-state index in [1.54, 1.807) is 11.2 Å². The van der Waals surface area contributed by atoms with E-state index in [0.717, 1.165) is 22.5 Å². The average Bonchev–Trinajstić information content (AvgIpc) is 3.52. The number of nitrogens with one attached hydrogen (secondary N) is 2. The number of ether oxygens (including phenoxy) is 3. The van der Waals surface area contributed by atoms with Crippen molar-refractivity contribution in [3.63, 3.8) is 0 Å². The Morgan fingerprint density at radius 3 is 2.85 bits per heavy atom. The van der Waals surface area contributed by atoms with E-state index in [0.29, 0.717) is 30.9 Å². The van der Waals surface area contributed by atoms with Gasteiger partial charge in [0.15, 0.2) is 11.5 Å². The van der Waals surface area contributed by atoms with Crippen molar-refractivity contribution in [2.24, 2.45) is 0 Å². The zero-order chi connectivity index (χ0) is 22.8. The lowest BCUT2D eigenvalue weighted by molar-refractivity contribution is -0.142. The highest BCUT2D eigenvalue weighted by molar-refractivity contribution is 5.84. The Hall–Kier alpha value is -4.01. The molecule has 170 valence electrons. The van der Waals surface area contributed by atoms with E-state index in [-0.39, 0.29) is 12.8 Å². The van der Waals surface area contributed by atoms with Crippen LogP contribution in [0.3, 0.4) is 0 Å². The molecule has 0 aliphatic carbocycles. The molecule has 2 atom stereocenters. The molecule has 1 unspecified atom stereocenters. The molecule has 2 aliphatic heterocycles. The number of hydrogen-bond donors (Lipinski definition) is 2. The highest BCUT2D eigenvalue weighted by Crippen LogP contribution is 2.39. The van der Waals surface area contributed by atoms with E-state index in [2.05, 4.69) is 15.3 Å². The first kappa shape index (κ1) is 20.9. The lowest BCUT2D eigenvalue weighted by atomic mass is 9.95. The number of fused-ring (bicyclic) bond motifs is 2. The molecular formula is C24H24N4O5. The molecule has 2 aliphatic rings. The first-order valence-corrected chi connectivity index (χ1v) is 10.7. The molecule has 9 nitrogen and oxygen atoms in total. The molecule has 2 aromatic carbocycles. The lowest BCUT2D eigenvalue weighted by Gasteiger charge is -2.36. The first-order chi connectivity index (χ1) is 16.1. The second-order valence-corrected chi connectivity index (χ2v) is 7.94. The Balaban J connectivity index is 1.43. The van der Waals surface area contributed by atoms with Crippen LogP contribution in [0.1, 0.15) is 28.6 Å². The van der Waals surface area contributed by atoms with Crippen molar-refractivity contribution in [3.05, 3.63) is 77.4 Å². The Bertz CT molecular complexity index is 1160. The molecule has 0 fully saturated rings. The number of amides is 2. The van der Waals surface area contributed by atoms with Crippen molar-refractivity contribution in [1.29, 1.82) is 0 Å². The fraction of sp³-hybridized carbons (Fsp3) is 0.292. The minimum Gasteiger partial charge on any atom is -0.467 e. The van der Waals surface area contributed by atoms with Crippen LogP contribution in [0, 0.1) is 0 Å². The normalized spacial score (nSPS) is 17.2. The maximum absolute atomic E-state index is 13.5. The van der Waals surface area contributed by atoms with Crippen LogP contribution >= 0.6 is 0 Å². The third kappa shape index (κ3) is 4.09. The highest BCUT2D eigenvalue weighted by atomic mass is 16.7. The van der Waals surface area contributed by atoms with E-state index in [1.165, 1.54) is 7.11 Å². The topological polar surface area (TPSA) is 106 Å². The van der Waals surface area contributed by atoms with Gasteiger partial charge in [-0.25, -0.2) is 14.6 Å². The van der Waals surface area contributed by atoms with Crippen LogP contribution in [-0.2, 0) is 22.4 Å². The largest absolute Gasteiger partial charge is 0.467 e. The van der Waals surface area contributed by atoms with Gasteiger partial charge < -0.3 is 29.4 Å². The van der Waals surface area contributed by atoms with Gasteiger partial charge in [0, 0.05) is 25.1 Å². The second kappa shape index (κ2) is 8.85. The quantitative estimate of drug-likeness (QED) is 0.581. The van der Waals surface area contributed by atoms with E-state index in [4.69, 9.17) is 14.2 Å². The molecule has 5 rings (SSSR count). The number of carbonyl (C=O) groups is 2. The van der Waals surface area contributed by atoms with Crippen molar-refractivity contribution in [2.45, 2.75) is 24.9 Å². The summed E-state index contributed by atoms with van der Waals surface area (Å²) in [6, 6.07) is 13.5. The Morgan fingerprint density at radius 2 is 2.03 bits per heavy atom. The predicted molar refractivity (Wildman–Crippen MR) is 118 cm³/mol. The summed E-state index contributed by atoms with van der Waals surface area (Å²) >= 11 is 0. The Morgan fingerprint density at radius 1 is 1.21 bits per heavy atom. The van der Waals surface area contributed by atoms with Gasteiger partial charge >= 0.3 is 12.0 Å². The van der Waals surface area contributed by atoms with Gasteiger partial charge in [-0.15, -0.1) is 0 Å². The number of rotatable bonds is 5. The summed E-state index contributed by atoms with van der Waals surface area (Å²) in [6.45, 7) is 0.626. The van der Waals surface area contributed by atoms with E-state index in [1.807, 2.05) is 48.5 Å². The molecule has 0 spiro atoms. The van der Waals surface area contributed by atoms with Crippen LogP contribution in [0.25, 0.3) is 0 Å². The maximum Gasteiger partial charge on any atom is 0.328 e. The number of nitrogens with zero attached hydrogens (tertiary/aromatic N) is 2. The smallest absolute Gasteiger partial charge is 0.328 e. The van der Waals surface area contributed by atoms with Gasteiger partial charge in [0.2, 0.25) is 6.79 Å². The summed E-state index contributed by atoms with van der Waals surface area (Å²) in [5.41, 5.74) is 3.53. The second-order valence-electron chi connectivity index (χ2n) is 7.94. The molecule has 3 aromatic rings. The summed E-state index contributed by atoms with van der Waals surface area (Å²) in [6.07, 6.45) is 2.60. The first-order valence-electron chi connectivity index (χ1n) is 10.7. The summed E-state index contributed by atoms with van der Waals surface area (Å²) < 4.78 is 15.9. The monoisotopic (exact) mass is 448 g/mol. The fourth-order valence-electron chi connectivity index (χ4n) is 4.33. The fourth-order valence-corrected chi connectivity index (χ4v) is 4.33. The van der Waals surface area contributed by atoms with E-state index < -0.39 is 18.1 Å². The molecule has 1 aromatic heterocycles. The van der Waals surface area contributed by atoms with Crippen LogP contribution in [0.4, 0.5) is 4.79 Å². The molecule has 2 amide bonds. The van der Waals surface area contributed by atoms with E-state index >= 15 is 0 Å². The molecule has 9 heteroatoms. The summed E-state index contributed by atoms with van der Waals surface area (Å²) in [7, 11) is 1.32. The number of methoxy groups -OCH3 is 1. The Kier molecular flexibility index (Phi) is 5.60. The zero-order valence-electron chi connectivity index (χ0n) is 18.1. The molecule has 0 radical (unpaired) electrons. The average molecular weight is 448 g/mol. The van der Waals surface area contributed by atoms with Gasteiger partial charge in [-0.2, -0.15) is 0 Å². The molecule has 3 heterocycles. The Labute approximate surface area is 190 Å². The van der Waals surface area contributed by atoms with Crippen LogP contribution < -0.4 is 14.8 Å². The number of hydrogen-bond acceptors (Lipinski definition) is 6. The standard InChI is InChI=1S/C24H24N4O5/c1-31-23(29)18(11-15-5-3-2-4-6-15)27-24(30)28-10-9-17-21(26-13-25-17)22(28)16-7-8-19-20(12-16)33-14-32-19/h2-8,12-13,18,22H,9-11,14H2,1H3,(H,25,26)(H,27,30)/t18-,22?/m0/s1. The number of benzene rings is 2. The summed E-state index contributed by atoms with van der Waals surface area (Å²) in [5, 5.41) is 2.88. The molecule has 0 saturated carbocycles. The van der Waals surface area contributed by atoms with Gasteiger partial charge in [0.1, 0.15) is 12.1 Å². The predicted octanol–water partition coefficient (Wildman–Crippen LogP) is 2.58. The van der Waals surface area contributed by atoms with Gasteiger partial charge in [0.25, 0.3) is 0 Å². The van der Waals surface area contributed by atoms with Crippen molar-refractivity contribution < 1.29 is 23.8 Å². The van der Waals surface area contributed by atoms with E-state index in [9.17, 15) is 9.59 Å². The molecule has 0 bridgehead atoms. The summed E-state index contributed by atoms with van der Waals surface area (Å²) in [4.78, 5) is 35.3. The number of aromatic amines is 1. The molecule has 33 heavy (non-hydrogen) atoms. The number of H-pyrrole nitrogens is 1. The van der Waals surface area contributed by atoms with Crippen molar-refractivity contribution in [1.82, 2.24) is 20.2 Å². The van der Waals surface area contributed by atoms with Crippen LogP contribution in [0.15, 0.2) is 54.9 Å². The molecule has 2 N–H and O–H groups in total. The van der Waals surface area contributed by atoms with Gasteiger partial charge in [0.05, 0.1) is 19.1 Å². The van der Waals surface area contributed by atoms with Crippen LogP contribution in [0.5, 0.6) is 11.5 Å². The molecule has 0 saturated heterocycles. The SMILES string of the molecule is COC(=O)[C@H](Cc1ccccc1)NC(=O)N1CCc2[nH]cnc2C1c1ccc2c(c1)OCO2. The maximum atomic E-state index is 13.5. The number of imidazole rings is 1. The molecular weight excluding hydrogens is 424 g/mol. The zero-order valence-corrected chi connectivity index (χ0v) is 18.1. The number of aromatic nitrogens is 2. The third-order valence-corrected chi connectivity index (χ3v) is 5.96. The lowest BCUT2D eigenvalue weighted by Crippen LogP contribution is -2.52. The van der Waals surface area contributed by atoms with Gasteiger partial charge in [-0.1, -0.05) is 36.4 Å². The summed E-state index contributed by atoms with van der Waals surface area (Å²) in [5.74, 6) is 0.803. The number of urea groups is 1. The van der Waals surface area contributed by atoms with Crippen molar-refractivity contribution in [2.75, 3.05) is 20.4 Å². The van der Waals surface area contributed by atoms with Crippen LogP contribution in [-0.4, -0.2) is 53.4 Å². The number of carbonyl (C=O) groups excluding carboxylic acids is 2. The highest BCUT2D eigenvalue weighted by Gasteiger charge is 2.36. The van der Waals surface area contributed by atoms with Crippen molar-refractivity contribution in [3.8, 4) is 11.5 Å². The minimum atomic E-state index is -0.817. The van der Waals surface area contributed by atoms with Gasteiger partial charge in [-0.3, -0.25) is 0 Å². The number of esters is 1. The van der Waals surface area contributed by atoms with Crippen LogP contribution in [0.2, 0.25) is 0 Å². The van der Waals surface area contributed by atoms with Gasteiger partial charge in [-0.05, 0) is 23.3 Å². The minimum absolute atomic E-state index is 0.168. The van der Waals surface area contributed by atoms with Crippen molar-refractivity contribution >= 4 is 12.0 Å².